The topological polar surface area (TPSA) is 42.9 Å². The molecule has 0 aliphatic carbocycles. The molecule has 98 valence electrons. The van der Waals surface area contributed by atoms with Gasteiger partial charge < -0.3 is 4.79 Å². The zero-order valence-electron chi connectivity index (χ0n) is 11.1. The zero-order valence-corrected chi connectivity index (χ0v) is 12.0. The van der Waals surface area contributed by atoms with E-state index in [1.165, 1.54) is 11.5 Å². The van der Waals surface area contributed by atoms with Gasteiger partial charge in [0.15, 0.2) is 5.82 Å². The van der Waals surface area contributed by atoms with Gasteiger partial charge in [-0.25, -0.2) is 4.98 Å². The fourth-order valence-corrected chi connectivity index (χ4v) is 2.64. The molecule has 0 bridgehead atoms. The van der Waals surface area contributed by atoms with Crippen molar-refractivity contribution in [3.8, 4) is 11.4 Å². The van der Waals surface area contributed by atoms with Crippen LogP contribution < -0.4 is 0 Å². The molecular formula is C15H16N2OS. The van der Waals surface area contributed by atoms with Gasteiger partial charge >= 0.3 is 0 Å². The third-order valence-corrected chi connectivity index (χ3v) is 3.84. The molecule has 0 saturated carbocycles. The summed E-state index contributed by atoms with van der Waals surface area (Å²) >= 11 is 1.36. The van der Waals surface area contributed by atoms with Crippen LogP contribution in [-0.2, 0) is 17.6 Å². The van der Waals surface area contributed by atoms with Crippen molar-refractivity contribution in [1.29, 1.82) is 0 Å². The molecule has 2 rings (SSSR count). The van der Waals surface area contributed by atoms with E-state index in [0.29, 0.717) is 6.42 Å². The maximum atomic E-state index is 10.7. The van der Waals surface area contributed by atoms with Crippen LogP contribution in [0.1, 0.15) is 30.0 Å². The summed E-state index contributed by atoms with van der Waals surface area (Å²) in [6.07, 6.45) is 2.24. The molecule has 2 aromatic rings. The highest BCUT2D eigenvalue weighted by molar-refractivity contribution is 7.06. The first-order valence-electron chi connectivity index (χ1n) is 6.21. The van der Waals surface area contributed by atoms with Crippen LogP contribution in [0.4, 0.5) is 0 Å². The molecular weight excluding hydrogens is 256 g/mol. The third-order valence-electron chi connectivity index (χ3n) is 2.96. The molecule has 0 unspecified atom stereocenters. The quantitative estimate of drug-likeness (QED) is 0.782. The van der Waals surface area contributed by atoms with E-state index in [0.717, 1.165) is 45.8 Å². The summed E-state index contributed by atoms with van der Waals surface area (Å²) in [4.78, 5) is 15.3. The van der Waals surface area contributed by atoms with Crippen molar-refractivity contribution in [2.45, 2.75) is 26.7 Å². The highest BCUT2D eigenvalue weighted by Crippen LogP contribution is 2.27. The van der Waals surface area contributed by atoms with Crippen molar-refractivity contribution in [2.24, 2.45) is 0 Å². The second-order valence-electron chi connectivity index (χ2n) is 4.37. The predicted octanol–water partition coefficient (Wildman–Crippen LogP) is 3.54. The van der Waals surface area contributed by atoms with Crippen LogP contribution in [0.2, 0.25) is 0 Å². The van der Waals surface area contributed by atoms with Gasteiger partial charge in [0, 0.05) is 12.0 Å². The van der Waals surface area contributed by atoms with Gasteiger partial charge in [-0.1, -0.05) is 31.7 Å². The molecule has 0 fully saturated rings. The lowest BCUT2D eigenvalue weighted by molar-refractivity contribution is -0.107. The minimum atomic E-state index is 0.439. The highest BCUT2D eigenvalue weighted by Gasteiger charge is 2.13. The SMILES string of the molecule is C=C(C)c1nc(-c2cccc(CC=O)c2CC)ns1. The van der Waals surface area contributed by atoms with Gasteiger partial charge in [-0.2, -0.15) is 4.37 Å². The van der Waals surface area contributed by atoms with Crippen molar-refractivity contribution < 1.29 is 4.79 Å². The van der Waals surface area contributed by atoms with Gasteiger partial charge in [0.2, 0.25) is 0 Å². The van der Waals surface area contributed by atoms with Crippen LogP contribution in [0.15, 0.2) is 24.8 Å². The number of aromatic nitrogens is 2. The van der Waals surface area contributed by atoms with Crippen molar-refractivity contribution in [2.75, 3.05) is 0 Å². The first kappa shape index (κ1) is 13.6. The van der Waals surface area contributed by atoms with Gasteiger partial charge in [0.25, 0.3) is 0 Å². The van der Waals surface area contributed by atoms with Crippen molar-refractivity contribution in [3.05, 3.63) is 40.9 Å². The average molecular weight is 272 g/mol. The average Bonchev–Trinajstić information content (AvgIpc) is 2.88. The normalized spacial score (nSPS) is 10.4. The van der Waals surface area contributed by atoms with Crippen molar-refractivity contribution in [1.82, 2.24) is 9.36 Å². The Morgan fingerprint density at radius 2 is 2.26 bits per heavy atom. The Kier molecular flexibility index (Phi) is 4.22. The molecule has 1 heterocycles. The van der Waals surface area contributed by atoms with E-state index in [4.69, 9.17) is 0 Å². The number of benzene rings is 1. The van der Waals surface area contributed by atoms with E-state index in [2.05, 4.69) is 22.9 Å². The standard InChI is InChI=1S/C15H16N2OS/c1-4-12-11(8-9-18)6-5-7-13(12)14-16-15(10(2)3)19-17-14/h5-7,9H,2,4,8H2,1,3H3. The minimum absolute atomic E-state index is 0.439. The van der Waals surface area contributed by atoms with E-state index in [9.17, 15) is 4.79 Å². The number of hydrogen-bond donors (Lipinski definition) is 0. The minimum Gasteiger partial charge on any atom is -0.303 e. The van der Waals surface area contributed by atoms with Gasteiger partial charge in [-0.05, 0) is 41.6 Å². The molecule has 3 nitrogen and oxygen atoms in total. The Morgan fingerprint density at radius 1 is 1.47 bits per heavy atom. The summed E-state index contributed by atoms with van der Waals surface area (Å²) in [5.41, 5.74) is 4.15. The first-order chi connectivity index (χ1) is 9.17. The second-order valence-corrected chi connectivity index (χ2v) is 5.12. The van der Waals surface area contributed by atoms with Gasteiger partial charge in [0.1, 0.15) is 11.3 Å². The molecule has 4 heteroatoms. The van der Waals surface area contributed by atoms with Crippen molar-refractivity contribution >= 4 is 23.4 Å². The number of carbonyl (C=O) groups is 1. The van der Waals surface area contributed by atoms with Crippen LogP contribution in [0.25, 0.3) is 17.0 Å². The third kappa shape index (κ3) is 2.79. The largest absolute Gasteiger partial charge is 0.303 e. The molecule has 0 spiro atoms. The van der Waals surface area contributed by atoms with Crippen LogP contribution in [0, 0.1) is 0 Å². The van der Waals surface area contributed by atoms with Crippen LogP contribution in [0.5, 0.6) is 0 Å². The van der Waals surface area contributed by atoms with Crippen LogP contribution >= 0.6 is 11.5 Å². The molecule has 1 aromatic carbocycles. The van der Waals surface area contributed by atoms with Gasteiger partial charge in [0.05, 0.1) is 0 Å². The molecule has 0 aliphatic heterocycles. The lowest BCUT2D eigenvalue weighted by atomic mass is 9.97. The molecule has 0 N–H and O–H groups in total. The Bertz CT molecular complexity index is 616. The monoisotopic (exact) mass is 272 g/mol. The van der Waals surface area contributed by atoms with Crippen molar-refractivity contribution in [3.63, 3.8) is 0 Å². The van der Waals surface area contributed by atoms with Gasteiger partial charge in [-0.15, -0.1) is 0 Å². The van der Waals surface area contributed by atoms with E-state index in [1.54, 1.807) is 0 Å². The number of carbonyl (C=O) groups excluding carboxylic acids is 1. The molecule has 0 atom stereocenters. The number of nitrogens with zero attached hydrogens (tertiary/aromatic N) is 2. The molecule has 19 heavy (non-hydrogen) atoms. The fourth-order valence-electron chi connectivity index (χ4n) is 2.05. The first-order valence-corrected chi connectivity index (χ1v) is 6.99. The lowest BCUT2D eigenvalue weighted by Gasteiger charge is -2.09. The van der Waals surface area contributed by atoms with Crippen LogP contribution in [0.3, 0.4) is 0 Å². The van der Waals surface area contributed by atoms with Crippen LogP contribution in [-0.4, -0.2) is 15.6 Å². The number of hydrogen-bond acceptors (Lipinski definition) is 4. The summed E-state index contributed by atoms with van der Waals surface area (Å²) in [5.74, 6) is 0.729. The van der Waals surface area contributed by atoms with E-state index < -0.39 is 0 Å². The molecule has 0 amide bonds. The Morgan fingerprint density at radius 3 is 2.84 bits per heavy atom. The maximum Gasteiger partial charge on any atom is 0.173 e. The molecule has 0 radical (unpaired) electrons. The van der Waals surface area contributed by atoms with E-state index in [-0.39, 0.29) is 0 Å². The Hall–Kier alpha value is -1.81. The van der Waals surface area contributed by atoms with E-state index in [1.807, 2.05) is 25.1 Å². The molecule has 0 aliphatic rings. The Labute approximate surface area is 117 Å². The zero-order chi connectivity index (χ0) is 13.8. The number of rotatable bonds is 5. The second kappa shape index (κ2) is 5.89. The number of aldehydes is 1. The van der Waals surface area contributed by atoms with E-state index >= 15 is 0 Å². The summed E-state index contributed by atoms with van der Waals surface area (Å²) < 4.78 is 4.40. The predicted molar refractivity (Wildman–Crippen MR) is 79.2 cm³/mol. The fraction of sp³-hybridized carbons (Fsp3) is 0.267. The molecule has 1 aromatic heterocycles. The van der Waals surface area contributed by atoms with Gasteiger partial charge in [-0.3, -0.25) is 0 Å². The smallest absolute Gasteiger partial charge is 0.173 e. The Balaban J connectivity index is 2.51. The maximum absolute atomic E-state index is 10.7. The lowest BCUT2D eigenvalue weighted by Crippen LogP contribution is -1.98. The summed E-state index contributed by atoms with van der Waals surface area (Å²) in [5, 5.41) is 0.859. The molecule has 0 saturated heterocycles. The summed E-state index contributed by atoms with van der Waals surface area (Å²) in [6, 6.07) is 5.95. The number of allylic oxidation sites excluding steroid dienone is 1. The highest BCUT2D eigenvalue weighted by atomic mass is 32.1. The summed E-state index contributed by atoms with van der Waals surface area (Å²) in [6.45, 7) is 7.89. The summed E-state index contributed by atoms with van der Waals surface area (Å²) in [7, 11) is 0.